The lowest BCUT2D eigenvalue weighted by atomic mass is 9.99. The molecule has 0 unspecified atom stereocenters. The first-order valence-corrected chi connectivity index (χ1v) is 16.3. The van der Waals surface area contributed by atoms with E-state index in [-0.39, 0.29) is 16.4 Å². The van der Waals surface area contributed by atoms with Crippen LogP contribution in [0.5, 0.6) is 17.2 Å². The molecule has 2 N–H and O–H groups in total. The molecule has 0 spiro atoms. The maximum absolute atomic E-state index is 13.6. The quantitative estimate of drug-likeness (QED) is 0.111. The molecule has 250 valence electrons. The van der Waals surface area contributed by atoms with E-state index in [4.69, 9.17) is 25.8 Å². The standard InChI is InChI=1S/C39H37ClN4O5/c1-47-31-14-10-29-24-44(19-17-26(29)21-31)18-16-25-8-12-30(13-9-25)41-39(46)32-22-35(48-2)36(49-3)23-34(32)42-37(45)15-11-28-20-27-6-4-5-7-33(27)43-38(28)40/h4-15,20-23H,16-19,24H2,1-3H3,(H,41,46)(H,42,45)/b15-11+. The van der Waals surface area contributed by atoms with Crippen LogP contribution in [0.15, 0.2) is 91.0 Å². The number of aromatic nitrogens is 1. The Balaban J connectivity index is 1.11. The average Bonchev–Trinajstić information content (AvgIpc) is 3.13. The molecule has 2 heterocycles. The van der Waals surface area contributed by atoms with Gasteiger partial charge in [0.25, 0.3) is 5.91 Å². The Morgan fingerprint density at radius 2 is 1.65 bits per heavy atom. The van der Waals surface area contributed by atoms with Crippen LogP contribution in [0.25, 0.3) is 17.0 Å². The van der Waals surface area contributed by atoms with Crippen LogP contribution in [-0.4, -0.2) is 56.1 Å². The van der Waals surface area contributed by atoms with Gasteiger partial charge in [0, 0.05) is 48.4 Å². The van der Waals surface area contributed by atoms with E-state index in [1.807, 2.05) is 60.7 Å². The number of carbonyl (C=O) groups is 2. The van der Waals surface area contributed by atoms with E-state index in [2.05, 4.69) is 32.7 Å². The van der Waals surface area contributed by atoms with Crippen molar-refractivity contribution in [3.05, 3.63) is 124 Å². The monoisotopic (exact) mass is 676 g/mol. The van der Waals surface area contributed by atoms with Crippen LogP contribution < -0.4 is 24.8 Å². The normalized spacial score (nSPS) is 12.8. The molecular formula is C39H37ClN4O5. The van der Waals surface area contributed by atoms with Crippen LogP contribution in [0.3, 0.4) is 0 Å². The van der Waals surface area contributed by atoms with Gasteiger partial charge in [-0.05, 0) is 78.1 Å². The number of carbonyl (C=O) groups excluding carboxylic acids is 2. The van der Waals surface area contributed by atoms with Crippen molar-refractivity contribution in [3.8, 4) is 17.2 Å². The minimum atomic E-state index is -0.466. The smallest absolute Gasteiger partial charge is 0.257 e. The second-order valence-electron chi connectivity index (χ2n) is 11.7. The molecule has 0 saturated carbocycles. The molecule has 2 amide bonds. The topological polar surface area (TPSA) is 102 Å². The van der Waals surface area contributed by atoms with Crippen LogP contribution >= 0.6 is 11.6 Å². The van der Waals surface area contributed by atoms with Crippen LogP contribution in [0, 0.1) is 0 Å². The number of halogens is 1. The number of amides is 2. The summed E-state index contributed by atoms with van der Waals surface area (Å²) < 4.78 is 16.3. The number of para-hydroxylation sites is 1. The minimum absolute atomic E-state index is 0.205. The predicted molar refractivity (Wildman–Crippen MR) is 194 cm³/mol. The van der Waals surface area contributed by atoms with Crippen molar-refractivity contribution in [2.24, 2.45) is 0 Å². The second kappa shape index (κ2) is 15.2. The number of benzene rings is 4. The Hall–Kier alpha value is -5.38. The number of pyridine rings is 1. The number of ether oxygens (including phenoxy) is 3. The summed E-state index contributed by atoms with van der Waals surface area (Å²) in [6.07, 6.45) is 4.82. The van der Waals surface area contributed by atoms with Gasteiger partial charge >= 0.3 is 0 Å². The Morgan fingerprint density at radius 3 is 2.43 bits per heavy atom. The molecule has 0 atom stereocenters. The summed E-state index contributed by atoms with van der Waals surface area (Å²) in [5.74, 6) is 0.733. The highest BCUT2D eigenvalue weighted by atomic mass is 35.5. The molecule has 0 saturated heterocycles. The fourth-order valence-electron chi connectivity index (χ4n) is 5.88. The van der Waals surface area contributed by atoms with E-state index in [1.54, 1.807) is 25.3 Å². The van der Waals surface area contributed by atoms with Gasteiger partial charge in [-0.3, -0.25) is 14.5 Å². The molecule has 5 aromatic rings. The zero-order chi connectivity index (χ0) is 34.3. The van der Waals surface area contributed by atoms with Gasteiger partial charge in [0.2, 0.25) is 5.91 Å². The predicted octanol–water partition coefficient (Wildman–Crippen LogP) is 7.42. The zero-order valence-corrected chi connectivity index (χ0v) is 28.3. The molecule has 1 aliphatic rings. The van der Waals surface area contributed by atoms with Crippen molar-refractivity contribution >= 4 is 51.8 Å². The highest BCUT2D eigenvalue weighted by molar-refractivity contribution is 6.31. The van der Waals surface area contributed by atoms with Crippen LogP contribution in [-0.2, 0) is 24.2 Å². The number of rotatable bonds is 11. The molecule has 0 radical (unpaired) electrons. The van der Waals surface area contributed by atoms with Crippen molar-refractivity contribution in [1.29, 1.82) is 0 Å². The number of methoxy groups -OCH3 is 3. The fraction of sp³-hybridized carbons (Fsp3) is 0.205. The van der Waals surface area contributed by atoms with Gasteiger partial charge < -0.3 is 24.8 Å². The number of hydrogen-bond donors (Lipinski definition) is 2. The van der Waals surface area contributed by atoms with E-state index in [9.17, 15) is 9.59 Å². The van der Waals surface area contributed by atoms with Gasteiger partial charge in [0.1, 0.15) is 10.9 Å². The summed E-state index contributed by atoms with van der Waals surface area (Å²) >= 11 is 6.37. The molecule has 0 bridgehead atoms. The highest BCUT2D eigenvalue weighted by Crippen LogP contribution is 2.34. The second-order valence-corrected chi connectivity index (χ2v) is 12.1. The summed E-state index contributed by atoms with van der Waals surface area (Å²) in [6, 6.07) is 26.7. The van der Waals surface area contributed by atoms with Crippen molar-refractivity contribution in [2.75, 3.05) is 45.1 Å². The van der Waals surface area contributed by atoms with E-state index >= 15 is 0 Å². The molecular weight excluding hydrogens is 640 g/mol. The average molecular weight is 677 g/mol. The Bertz CT molecular complexity index is 2030. The van der Waals surface area contributed by atoms with Gasteiger partial charge in [0.15, 0.2) is 11.5 Å². The molecule has 49 heavy (non-hydrogen) atoms. The van der Waals surface area contributed by atoms with Crippen molar-refractivity contribution < 1.29 is 23.8 Å². The summed E-state index contributed by atoms with van der Waals surface area (Å²) in [7, 11) is 4.67. The van der Waals surface area contributed by atoms with Crippen LogP contribution in [0.1, 0.15) is 32.6 Å². The van der Waals surface area contributed by atoms with Gasteiger partial charge in [-0.15, -0.1) is 0 Å². The molecule has 1 aromatic heterocycles. The summed E-state index contributed by atoms with van der Waals surface area (Å²) in [5.41, 5.74) is 6.31. The number of nitrogens with zero attached hydrogens (tertiary/aromatic N) is 2. The van der Waals surface area contributed by atoms with Gasteiger partial charge in [-0.1, -0.05) is 48.0 Å². The largest absolute Gasteiger partial charge is 0.497 e. The fourth-order valence-corrected chi connectivity index (χ4v) is 6.09. The first-order chi connectivity index (χ1) is 23.8. The summed E-state index contributed by atoms with van der Waals surface area (Å²) in [5, 5.41) is 6.92. The SMILES string of the molecule is COc1ccc2c(c1)CCN(CCc1ccc(NC(=O)c3cc(OC)c(OC)cc3NC(=O)/C=C/c3cc4ccccc4nc3Cl)cc1)C2. The zero-order valence-electron chi connectivity index (χ0n) is 27.6. The molecule has 9 nitrogen and oxygen atoms in total. The molecule has 0 aliphatic carbocycles. The molecule has 6 rings (SSSR count). The molecule has 10 heteroatoms. The van der Waals surface area contributed by atoms with Gasteiger partial charge in [0.05, 0.1) is 38.1 Å². The van der Waals surface area contributed by atoms with Gasteiger partial charge in [-0.25, -0.2) is 4.98 Å². The van der Waals surface area contributed by atoms with Crippen molar-refractivity contribution in [3.63, 3.8) is 0 Å². The lowest BCUT2D eigenvalue weighted by Crippen LogP contribution is -2.32. The maximum Gasteiger partial charge on any atom is 0.257 e. The molecule has 1 aliphatic heterocycles. The van der Waals surface area contributed by atoms with Crippen LogP contribution in [0.2, 0.25) is 5.15 Å². The minimum Gasteiger partial charge on any atom is -0.497 e. The number of anilines is 2. The molecule has 4 aromatic carbocycles. The number of fused-ring (bicyclic) bond motifs is 2. The Morgan fingerprint density at radius 1 is 0.878 bits per heavy atom. The summed E-state index contributed by atoms with van der Waals surface area (Å²) in [6.45, 7) is 2.86. The Kier molecular flexibility index (Phi) is 10.4. The first kappa shape index (κ1) is 33.5. The van der Waals surface area contributed by atoms with E-state index in [0.717, 1.165) is 49.1 Å². The highest BCUT2D eigenvalue weighted by Gasteiger charge is 2.20. The third-order valence-corrected chi connectivity index (χ3v) is 8.88. The van der Waals surface area contributed by atoms with Crippen LogP contribution in [0.4, 0.5) is 11.4 Å². The number of hydrogen-bond acceptors (Lipinski definition) is 7. The summed E-state index contributed by atoms with van der Waals surface area (Å²) in [4.78, 5) is 33.5. The van der Waals surface area contributed by atoms with Gasteiger partial charge in [-0.2, -0.15) is 0 Å². The van der Waals surface area contributed by atoms with Crippen molar-refractivity contribution in [2.45, 2.75) is 19.4 Å². The maximum atomic E-state index is 13.6. The lowest BCUT2D eigenvalue weighted by molar-refractivity contribution is -0.111. The Labute approximate surface area is 290 Å². The van der Waals surface area contributed by atoms with E-state index < -0.39 is 11.8 Å². The van der Waals surface area contributed by atoms with E-state index in [1.165, 1.54) is 37.0 Å². The van der Waals surface area contributed by atoms with Crippen molar-refractivity contribution in [1.82, 2.24) is 9.88 Å². The third-order valence-electron chi connectivity index (χ3n) is 8.58. The molecule has 0 fully saturated rings. The lowest BCUT2D eigenvalue weighted by Gasteiger charge is -2.29. The third kappa shape index (κ3) is 8.02. The number of nitrogens with one attached hydrogen (secondary N) is 2. The first-order valence-electron chi connectivity index (χ1n) is 15.9. The van der Waals surface area contributed by atoms with E-state index in [0.29, 0.717) is 22.7 Å².